The third kappa shape index (κ3) is 4.47. The minimum atomic E-state index is 0.0174. The molecule has 6 nitrogen and oxygen atoms in total. The van der Waals surface area contributed by atoms with Crippen LogP contribution in [0.4, 0.5) is 0 Å². The van der Waals surface area contributed by atoms with Crippen molar-refractivity contribution in [2.45, 2.75) is 19.9 Å². The van der Waals surface area contributed by atoms with E-state index in [1.54, 1.807) is 18.9 Å². The molecule has 0 aliphatic rings. The first-order chi connectivity index (χ1) is 12.7. The second-order valence-corrected chi connectivity index (χ2v) is 5.92. The molecule has 1 amide bonds. The second-order valence-electron chi connectivity index (χ2n) is 5.92. The molecule has 0 spiro atoms. The fourth-order valence-electron chi connectivity index (χ4n) is 2.60. The van der Waals surface area contributed by atoms with Crippen molar-refractivity contribution in [3.05, 3.63) is 66.1 Å². The van der Waals surface area contributed by atoms with Crippen LogP contribution in [0.3, 0.4) is 0 Å². The van der Waals surface area contributed by atoms with Crippen molar-refractivity contribution in [1.29, 1.82) is 0 Å². The van der Waals surface area contributed by atoms with Gasteiger partial charge in [-0.05, 0) is 29.8 Å². The normalized spacial score (nSPS) is 10.5. The Hall–Kier alpha value is -3.15. The predicted molar refractivity (Wildman–Crippen MR) is 97.5 cm³/mol. The molecule has 26 heavy (non-hydrogen) atoms. The van der Waals surface area contributed by atoms with Gasteiger partial charge < -0.3 is 14.2 Å². The number of amides is 1. The Kier molecular flexibility index (Phi) is 5.63. The van der Waals surface area contributed by atoms with E-state index in [-0.39, 0.29) is 5.91 Å². The number of hydrogen-bond acceptors (Lipinski definition) is 5. The van der Waals surface area contributed by atoms with E-state index in [1.165, 1.54) is 0 Å². The van der Waals surface area contributed by atoms with E-state index in [0.29, 0.717) is 31.2 Å². The van der Waals surface area contributed by atoms with E-state index in [4.69, 9.17) is 9.26 Å². The van der Waals surface area contributed by atoms with Crippen molar-refractivity contribution in [3.8, 4) is 17.1 Å². The van der Waals surface area contributed by atoms with Gasteiger partial charge in [-0.25, -0.2) is 0 Å². The van der Waals surface area contributed by atoms with Crippen LogP contribution in [-0.2, 0) is 17.8 Å². The smallest absolute Gasteiger partial charge is 0.228 e. The van der Waals surface area contributed by atoms with Gasteiger partial charge in [0.2, 0.25) is 17.6 Å². The molecular weight excluding hydrogens is 330 g/mol. The van der Waals surface area contributed by atoms with Gasteiger partial charge in [-0.1, -0.05) is 35.5 Å². The highest BCUT2D eigenvalue weighted by Crippen LogP contribution is 2.20. The first-order valence-corrected chi connectivity index (χ1v) is 8.42. The number of carbonyl (C=O) groups excluding carboxylic acids is 1. The van der Waals surface area contributed by atoms with E-state index in [2.05, 4.69) is 10.1 Å². The van der Waals surface area contributed by atoms with Gasteiger partial charge >= 0.3 is 0 Å². The summed E-state index contributed by atoms with van der Waals surface area (Å²) in [4.78, 5) is 18.1. The van der Waals surface area contributed by atoms with E-state index in [0.717, 1.165) is 16.9 Å². The highest BCUT2D eigenvalue weighted by molar-refractivity contribution is 5.73. The molecule has 0 atom stereocenters. The third-order valence-electron chi connectivity index (χ3n) is 4.07. The Bertz CT molecular complexity index is 844. The maximum atomic E-state index is 11.9. The van der Waals surface area contributed by atoms with Crippen molar-refractivity contribution in [2.75, 3.05) is 13.7 Å². The molecule has 0 N–H and O–H groups in total. The number of methoxy groups -OCH3 is 1. The Morgan fingerprint density at radius 2 is 1.85 bits per heavy atom. The molecule has 1 heterocycles. The summed E-state index contributed by atoms with van der Waals surface area (Å²) in [5, 5.41) is 4.02. The van der Waals surface area contributed by atoms with E-state index < -0.39 is 0 Å². The summed E-state index contributed by atoms with van der Waals surface area (Å²) < 4.78 is 10.5. The molecule has 134 valence electrons. The van der Waals surface area contributed by atoms with Gasteiger partial charge in [0.1, 0.15) is 5.75 Å². The van der Waals surface area contributed by atoms with Crippen molar-refractivity contribution >= 4 is 5.91 Å². The molecular formula is C20H21N3O3. The van der Waals surface area contributed by atoms with Crippen LogP contribution in [0, 0.1) is 0 Å². The number of aromatic nitrogens is 2. The summed E-state index contributed by atoms with van der Waals surface area (Å²) >= 11 is 0. The van der Waals surface area contributed by atoms with Gasteiger partial charge in [0.25, 0.3) is 0 Å². The number of rotatable bonds is 7. The van der Waals surface area contributed by atoms with Crippen LogP contribution in [0.15, 0.2) is 59.1 Å². The van der Waals surface area contributed by atoms with Crippen LogP contribution in [0.5, 0.6) is 5.75 Å². The second kappa shape index (κ2) is 8.29. The number of nitrogens with zero attached hydrogens (tertiary/aromatic N) is 3. The van der Waals surface area contributed by atoms with Crippen LogP contribution in [0.25, 0.3) is 11.4 Å². The van der Waals surface area contributed by atoms with E-state index in [9.17, 15) is 4.79 Å². The molecule has 6 heteroatoms. The zero-order valence-corrected chi connectivity index (χ0v) is 14.9. The highest BCUT2D eigenvalue weighted by Gasteiger charge is 2.13. The van der Waals surface area contributed by atoms with E-state index >= 15 is 0 Å². The average molecular weight is 351 g/mol. The van der Waals surface area contributed by atoms with Gasteiger partial charge in [0.05, 0.1) is 7.11 Å². The summed E-state index contributed by atoms with van der Waals surface area (Å²) in [6, 6.07) is 17.4. The molecule has 2 aromatic carbocycles. The zero-order valence-electron chi connectivity index (χ0n) is 14.9. The van der Waals surface area contributed by atoms with Crippen LogP contribution in [-0.4, -0.2) is 34.6 Å². The first-order valence-electron chi connectivity index (χ1n) is 8.42. The molecule has 0 unspecified atom stereocenters. The van der Waals surface area contributed by atoms with Crippen molar-refractivity contribution < 1.29 is 14.1 Å². The van der Waals surface area contributed by atoms with Gasteiger partial charge in [-0.15, -0.1) is 0 Å². The molecule has 0 aliphatic heterocycles. The molecule has 0 fully saturated rings. The number of hydrogen-bond donors (Lipinski definition) is 0. The van der Waals surface area contributed by atoms with Crippen LogP contribution in [0.1, 0.15) is 18.4 Å². The standard InChI is InChI=1S/C20H21N3O3/c1-15(24)23(14-16-6-4-3-5-7-16)13-12-19-21-20(22-26-19)17-8-10-18(25-2)11-9-17/h3-11H,12-14H2,1-2H3. The highest BCUT2D eigenvalue weighted by atomic mass is 16.5. The number of carbonyl (C=O) groups is 1. The average Bonchev–Trinajstić information content (AvgIpc) is 3.15. The van der Waals surface area contributed by atoms with Gasteiger partial charge in [-0.3, -0.25) is 4.79 Å². The van der Waals surface area contributed by atoms with E-state index in [1.807, 2.05) is 54.6 Å². The fraction of sp³-hybridized carbons (Fsp3) is 0.250. The lowest BCUT2D eigenvalue weighted by molar-refractivity contribution is -0.129. The minimum Gasteiger partial charge on any atom is -0.497 e. The Morgan fingerprint density at radius 1 is 1.12 bits per heavy atom. The maximum Gasteiger partial charge on any atom is 0.228 e. The Labute approximate surface area is 152 Å². The van der Waals surface area contributed by atoms with Crippen LogP contribution < -0.4 is 4.74 Å². The summed E-state index contributed by atoms with van der Waals surface area (Å²) in [6.45, 7) is 2.66. The number of benzene rings is 2. The lowest BCUT2D eigenvalue weighted by Crippen LogP contribution is -2.30. The molecule has 1 aromatic heterocycles. The van der Waals surface area contributed by atoms with Crippen molar-refractivity contribution in [1.82, 2.24) is 15.0 Å². The SMILES string of the molecule is COc1ccc(-c2noc(CCN(Cc3ccccc3)C(C)=O)n2)cc1. The lowest BCUT2D eigenvalue weighted by Gasteiger charge is -2.20. The molecule has 0 bridgehead atoms. The molecule has 0 saturated heterocycles. The summed E-state index contributed by atoms with van der Waals surface area (Å²) in [6.07, 6.45) is 0.509. The molecule has 3 rings (SSSR count). The van der Waals surface area contributed by atoms with Crippen molar-refractivity contribution in [3.63, 3.8) is 0 Å². The summed E-state index contributed by atoms with van der Waals surface area (Å²) in [7, 11) is 1.62. The zero-order chi connectivity index (χ0) is 18.4. The van der Waals surface area contributed by atoms with Gasteiger partial charge in [0.15, 0.2) is 0 Å². The monoisotopic (exact) mass is 351 g/mol. The lowest BCUT2D eigenvalue weighted by atomic mass is 10.2. The molecule has 0 radical (unpaired) electrons. The Balaban J connectivity index is 1.63. The Morgan fingerprint density at radius 3 is 2.50 bits per heavy atom. The first kappa shape index (κ1) is 17.7. The van der Waals surface area contributed by atoms with Crippen LogP contribution >= 0.6 is 0 Å². The largest absolute Gasteiger partial charge is 0.497 e. The van der Waals surface area contributed by atoms with Gasteiger partial charge in [-0.2, -0.15) is 4.98 Å². The minimum absolute atomic E-state index is 0.0174. The fourth-order valence-corrected chi connectivity index (χ4v) is 2.60. The molecule has 3 aromatic rings. The molecule has 0 saturated carbocycles. The van der Waals surface area contributed by atoms with Crippen molar-refractivity contribution in [2.24, 2.45) is 0 Å². The maximum absolute atomic E-state index is 11.9. The van der Waals surface area contributed by atoms with Crippen LogP contribution in [0.2, 0.25) is 0 Å². The van der Waals surface area contributed by atoms with Gasteiger partial charge in [0, 0.05) is 32.0 Å². The predicted octanol–water partition coefficient (Wildman–Crippen LogP) is 3.34. The summed E-state index contributed by atoms with van der Waals surface area (Å²) in [5.74, 6) is 1.83. The number of ether oxygens (including phenoxy) is 1. The topological polar surface area (TPSA) is 68.5 Å². The quantitative estimate of drug-likeness (QED) is 0.653. The third-order valence-corrected chi connectivity index (χ3v) is 4.07. The summed E-state index contributed by atoms with van der Waals surface area (Å²) in [5.41, 5.74) is 1.95. The molecule has 0 aliphatic carbocycles.